The van der Waals surface area contributed by atoms with Crippen molar-refractivity contribution in [3.63, 3.8) is 0 Å². The number of benzene rings is 2. The molecule has 26 heavy (non-hydrogen) atoms. The summed E-state index contributed by atoms with van der Waals surface area (Å²) in [5.74, 6) is 0.805. The third-order valence-electron chi connectivity index (χ3n) is 4.60. The first-order valence-corrected chi connectivity index (χ1v) is 8.86. The van der Waals surface area contributed by atoms with Gasteiger partial charge in [0.05, 0.1) is 26.1 Å². The lowest BCUT2D eigenvalue weighted by Gasteiger charge is -2.26. The van der Waals surface area contributed by atoms with E-state index in [9.17, 15) is 4.79 Å². The Kier molecular flexibility index (Phi) is 4.88. The molecular weight excluding hydrogens is 330 g/mol. The number of rotatable bonds is 5. The van der Waals surface area contributed by atoms with Gasteiger partial charge in [0.2, 0.25) is 0 Å². The lowest BCUT2D eigenvalue weighted by Crippen LogP contribution is -2.40. The van der Waals surface area contributed by atoms with Crippen molar-refractivity contribution in [2.75, 3.05) is 32.9 Å². The first-order chi connectivity index (χ1) is 12.8. The molecule has 1 aromatic heterocycles. The maximum absolute atomic E-state index is 12.4. The number of morpholine rings is 1. The smallest absolute Gasteiger partial charge is 0.254 e. The van der Waals surface area contributed by atoms with E-state index in [-0.39, 0.29) is 5.91 Å². The van der Waals surface area contributed by atoms with Crippen molar-refractivity contribution < 1.29 is 18.7 Å². The maximum atomic E-state index is 12.4. The van der Waals surface area contributed by atoms with Crippen LogP contribution in [0.2, 0.25) is 0 Å². The third-order valence-corrected chi connectivity index (χ3v) is 4.60. The van der Waals surface area contributed by atoms with Crippen LogP contribution in [0.4, 0.5) is 0 Å². The van der Waals surface area contributed by atoms with Gasteiger partial charge in [-0.15, -0.1) is 0 Å². The molecule has 1 fully saturated rings. The Morgan fingerprint density at radius 2 is 1.85 bits per heavy atom. The Bertz CT molecular complexity index is 878. The van der Waals surface area contributed by atoms with Crippen LogP contribution < -0.4 is 4.74 Å². The van der Waals surface area contributed by atoms with Crippen LogP contribution in [0.1, 0.15) is 15.9 Å². The van der Waals surface area contributed by atoms with E-state index in [0.29, 0.717) is 38.5 Å². The monoisotopic (exact) mass is 351 g/mol. The van der Waals surface area contributed by atoms with E-state index < -0.39 is 0 Å². The zero-order valence-electron chi connectivity index (χ0n) is 14.5. The van der Waals surface area contributed by atoms with Crippen molar-refractivity contribution >= 4 is 16.9 Å². The molecule has 1 aliphatic heterocycles. The largest absolute Gasteiger partial charge is 0.493 e. The highest BCUT2D eigenvalue weighted by Gasteiger charge is 2.18. The van der Waals surface area contributed by atoms with Crippen LogP contribution in [0.3, 0.4) is 0 Å². The van der Waals surface area contributed by atoms with Gasteiger partial charge in [-0.1, -0.05) is 18.2 Å². The second-order valence-corrected chi connectivity index (χ2v) is 6.28. The van der Waals surface area contributed by atoms with E-state index in [4.69, 9.17) is 13.9 Å². The number of hydrogen-bond acceptors (Lipinski definition) is 4. The molecule has 1 saturated heterocycles. The van der Waals surface area contributed by atoms with Crippen molar-refractivity contribution in [3.8, 4) is 5.75 Å². The molecule has 0 spiro atoms. The summed E-state index contributed by atoms with van der Waals surface area (Å²) in [6, 6.07) is 15.4. The summed E-state index contributed by atoms with van der Waals surface area (Å²) < 4.78 is 16.7. The van der Waals surface area contributed by atoms with Crippen molar-refractivity contribution in [1.82, 2.24) is 4.90 Å². The van der Waals surface area contributed by atoms with E-state index in [1.165, 1.54) is 0 Å². The van der Waals surface area contributed by atoms with Gasteiger partial charge in [-0.2, -0.15) is 0 Å². The van der Waals surface area contributed by atoms with Crippen LogP contribution in [0.25, 0.3) is 11.0 Å². The lowest BCUT2D eigenvalue weighted by molar-refractivity contribution is 0.0303. The normalized spacial score (nSPS) is 14.5. The summed E-state index contributed by atoms with van der Waals surface area (Å²) in [4.78, 5) is 14.3. The van der Waals surface area contributed by atoms with Gasteiger partial charge in [-0.3, -0.25) is 4.79 Å². The quantitative estimate of drug-likeness (QED) is 0.706. The molecule has 0 saturated carbocycles. The Labute approximate surface area is 152 Å². The van der Waals surface area contributed by atoms with Crippen molar-refractivity contribution in [2.24, 2.45) is 0 Å². The van der Waals surface area contributed by atoms with Crippen molar-refractivity contribution in [1.29, 1.82) is 0 Å². The van der Waals surface area contributed by atoms with E-state index >= 15 is 0 Å². The predicted molar refractivity (Wildman–Crippen MR) is 98.6 cm³/mol. The predicted octanol–water partition coefficient (Wildman–Crippen LogP) is 3.53. The first-order valence-electron chi connectivity index (χ1n) is 8.86. The van der Waals surface area contributed by atoms with Crippen LogP contribution in [0, 0.1) is 0 Å². The van der Waals surface area contributed by atoms with Crippen LogP contribution in [0.15, 0.2) is 59.2 Å². The van der Waals surface area contributed by atoms with Crippen molar-refractivity contribution in [3.05, 3.63) is 65.9 Å². The number of nitrogens with zero attached hydrogens (tertiary/aromatic N) is 1. The molecule has 5 nitrogen and oxygen atoms in total. The van der Waals surface area contributed by atoms with Gasteiger partial charge in [0.1, 0.15) is 11.3 Å². The number of amides is 1. The number of fused-ring (bicyclic) bond motifs is 1. The average Bonchev–Trinajstić information content (AvgIpc) is 3.18. The molecule has 5 heteroatoms. The summed E-state index contributed by atoms with van der Waals surface area (Å²) in [5.41, 5.74) is 2.73. The Morgan fingerprint density at radius 3 is 2.65 bits per heavy atom. The molecule has 0 radical (unpaired) electrons. The first kappa shape index (κ1) is 16.7. The highest BCUT2D eigenvalue weighted by Crippen LogP contribution is 2.21. The number of ether oxygens (including phenoxy) is 2. The SMILES string of the molecule is O=C(c1ccc(OCCc2cccc3ccoc23)cc1)N1CCOCC1. The number of carbonyl (C=O) groups excluding carboxylic acids is 1. The highest BCUT2D eigenvalue weighted by atomic mass is 16.5. The number of furan rings is 1. The second-order valence-electron chi connectivity index (χ2n) is 6.28. The molecule has 0 unspecified atom stereocenters. The summed E-state index contributed by atoms with van der Waals surface area (Å²) in [6.07, 6.45) is 2.47. The summed E-state index contributed by atoms with van der Waals surface area (Å²) in [5, 5.41) is 1.11. The number of hydrogen-bond donors (Lipinski definition) is 0. The molecule has 2 aromatic carbocycles. The van der Waals surface area contributed by atoms with Gasteiger partial charge in [0.15, 0.2) is 0 Å². The topological polar surface area (TPSA) is 51.9 Å². The fourth-order valence-electron chi connectivity index (χ4n) is 3.17. The molecule has 1 aliphatic rings. The molecule has 1 amide bonds. The Balaban J connectivity index is 1.34. The van der Waals surface area contributed by atoms with Gasteiger partial charge < -0.3 is 18.8 Å². The maximum Gasteiger partial charge on any atom is 0.254 e. The summed E-state index contributed by atoms with van der Waals surface area (Å²) in [7, 11) is 0. The highest BCUT2D eigenvalue weighted by molar-refractivity contribution is 5.94. The molecule has 0 bridgehead atoms. The van der Waals surface area contributed by atoms with Gasteiger partial charge in [-0.25, -0.2) is 0 Å². The molecule has 0 N–H and O–H groups in total. The third kappa shape index (κ3) is 3.58. The molecule has 134 valence electrons. The van der Waals surface area contributed by atoms with Crippen LogP contribution in [-0.2, 0) is 11.2 Å². The van der Waals surface area contributed by atoms with Crippen LogP contribution in [-0.4, -0.2) is 43.7 Å². The van der Waals surface area contributed by atoms with Crippen molar-refractivity contribution in [2.45, 2.75) is 6.42 Å². The fourth-order valence-corrected chi connectivity index (χ4v) is 3.17. The number of para-hydroxylation sites is 1. The summed E-state index contributed by atoms with van der Waals surface area (Å²) >= 11 is 0. The molecule has 2 heterocycles. The van der Waals surface area contributed by atoms with E-state index in [1.54, 1.807) is 6.26 Å². The van der Waals surface area contributed by atoms with E-state index in [0.717, 1.165) is 28.7 Å². The lowest BCUT2D eigenvalue weighted by atomic mass is 10.1. The minimum Gasteiger partial charge on any atom is -0.493 e. The minimum absolute atomic E-state index is 0.0457. The van der Waals surface area contributed by atoms with Crippen LogP contribution in [0.5, 0.6) is 5.75 Å². The van der Waals surface area contributed by atoms with E-state index in [2.05, 4.69) is 6.07 Å². The van der Waals surface area contributed by atoms with Crippen LogP contribution >= 0.6 is 0 Å². The Hall–Kier alpha value is -2.79. The van der Waals surface area contributed by atoms with E-state index in [1.807, 2.05) is 47.4 Å². The fraction of sp³-hybridized carbons (Fsp3) is 0.286. The molecule has 3 aromatic rings. The second kappa shape index (κ2) is 7.62. The molecular formula is C21H21NO4. The average molecular weight is 351 g/mol. The van der Waals surface area contributed by atoms with Gasteiger partial charge in [0, 0.05) is 30.5 Å². The Morgan fingerprint density at radius 1 is 1.04 bits per heavy atom. The summed E-state index contributed by atoms with van der Waals surface area (Å²) in [6.45, 7) is 3.06. The zero-order valence-corrected chi connectivity index (χ0v) is 14.5. The zero-order chi connectivity index (χ0) is 17.8. The number of carbonyl (C=O) groups is 1. The minimum atomic E-state index is 0.0457. The standard InChI is InChI=1S/C21H21NO4/c23-21(22-10-14-24-15-11-22)18-4-6-19(7-5-18)25-12-8-16-2-1-3-17-9-13-26-20(16)17/h1-7,9,13H,8,10-12,14-15H2. The molecule has 0 atom stereocenters. The van der Waals surface area contributed by atoms with Gasteiger partial charge in [-0.05, 0) is 35.9 Å². The molecule has 0 aliphatic carbocycles. The molecule has 4 rings (SSSR count). The van der Waals surface area contributed by atoms with Gasteiger partial charge in [0.25, 0.3) is 5.91 Å². The van der Waals surface area contributed by atoms with Gasteiger partial charge >= 0.3 is 0 Å².